The van der Waals surface area contributed by atoms with Crippen LogP contribution in [0.25, 0.3) is 0 Å². The van der Waals surface area contributed by atoms with E-state index in [9.17, 15) is 0 Å². The monoisotopic (exact) mass is 455 g/mol. The first-order valence-corrected chi connectivity index (χ1v) is 10.3. The fraction of sp³-hybridized carbons (Fsp3) is 0.250. The van der Waals surface area contributed by atoms with Crippen molar-refractivity contribution >= 4 is 15.9 Å². The third-order valence-corrected chi connectivity index (χ3v) is 5.54. The van der Waals surface area contributed by atoms with Crippen molar-refractivity contribution in [2.75, 3.05) is 14.2 Å². The molecule has 0 aliphatic heterocycles. The average Bonchev–Trinajstić information content (AvgIpc) is 2.74. The number of halogens is 1. The zero-order valence-electron chi connectivity index (χ0n) is 17.0. The van der Waals surface area contributed by atoms with E-state index in [1.54, 1.807) is 14.2 Å². The molecule has 4 nitrogen and oxygen atoms in total. The molecule has 0 unspecified atom stereocenters. The van der Waals surface area contributed by atoms with E-state index < -0.39 is 0 Å². The van der Waals surface area contributed by atoms with Crippen molar-refractivity contribution in [3.05, 3.63) is 87.4 Å². The Kier molecular flexibility index (Phi) is 7.55. The molecular formula is C24H26BrNO3. The van der Waals surface area contributed by atoms with Crippen molar-refractivity contribution < 1.29 is 14.2 Å². The summed E-state index contributed by atoms with van der Waals surface area (Å²) in [4.78, 5) is 0. The number of aryl methyl sites for hydroxylation is 1. The van der Waals surface area contributed by atoms with Crippen LogP contribution in [0, 0.1) is 6.92 Å². The highest BCUT2D eigenvalue weighted by Crippen LogP contribution is 2.34. The van der Waals surface area contributed by atoms with E-state index in [0.717, 1.165) is 38.4 Å². The Morgan fingerprint density at radius 3 is 2.14 bits per heavy atom. The minimum atomic E-state index is 0.501. The Hall–Kier alpha value is -2.50. The third-order valence-electron chi connectivity index (χ3n) is 4.80. The van der Waals surface area contributed by atoms with Gasteiger partial charge in [0.1, 0.15) is 12.4 Å². The van der Waals surface area contributed by atoms with Gasteiger partial charge in [0.15, 0.2) is 11.5 Å². The van der Waals surface area contributed by atoms with Crippen molar-refractivity contribution in [3.8, 4) is 17.2 Å². The summed E-state index contributed by atoms with van der Waals surface area (Å²) < 4.78 is 18.0. The summed E-state index contributed by atoms with van der Waals surface area (Å²) in [6.45, 7) is 3.99. The Morgan fingerprint density at radius 2 is 1.41 bits per heavy atom. The predicted octanol–water partition coefficient (Wildman–Crippen LogP) is 5.64. The van der Waals surface area contributed by atoms with Gasteiger partial charge in [0, 0.05) is 23.1 Å². The van der Waals surface area contributed by atoms with Crippen LogP contribution in [-0.2, 0) is 19.7 Å². The fourth-order valence-corrected chi connectivity index (χ4v) is 3.56. The minimum absolute atomic E-state index is 0.501. The number of benzene rings is 3. The molecule has 3 aromatic rings. The molecule has 0 bridgehead atoms. The molecule has 152 valence electrons. The molecular weight excluding hydrogens is 430 g/mol. The zero-order chi connectivity index (χ0) is 20.6. The van der Waals surface area contributed by atoms with E-state index in [1.807, 2.05) is 42.5 Å². The highest BCUT2D eigenvalue weighted by molar-refractivity contribution is 9.10. The maximum atomic E-state index is 6.04. The second-order valence-corrected chi connectivity index (χ2v) is 7.58. The second kappa shape index (κ2) is 10.3. The van der Waals surface area contributed by atoms with E-state index in [2.05, 4.69) is 46.4 Å². The van der Waals surface area contributed by atoms with Crippen LogP contribution < -0.4 is 19.5 Å². The SMILES string of the molecule is COc1ccccc1CNCc1cc(OC)c(OCc2ccccc2C)cc1Br. The summed E-state index contributed by atoms with van der Waals surface area (Å²) in [5, 5.41) is 3.46. The van der Waals surface area contributed by atoms with Gasteiger partial charge in [-0.25, -0.2) is 0 Å². The number of hydrogen-bond donors (Lipinski definition) is 1. The van der Waals surface area contributed by atoms with Crippen LogP contribution in [0.5, 0.6) is 17.2 Å². The van der Waals surface area contributed by atoms with E-state index >= 15 is 0 Å². The fourth-order valence-electron chi connectivity index (χ4n) is 3.09. The predicted molar refractivity (Wildman–Crippen MR) is 120 cm³/mol. The average molecular weight is 456 g/mol. The van der Waals surface area contributed by atoms with Crippen molar-refractivity contribution in [3.63, 3.8) is 0 Å². The first-order chi connectivity index (χ1) is 14.1. The first-order valence-electron chi connectivity index (χ1n) is 9.48. The first kappa shape index (κ1) is 21.2. The number of nitrogens with one attached hydrogen (secondary N) is 1. The standard InChI is InChI=1S/C24H26BrNO3/c1-17-8-4-5-10-19(17)16-29-24-13-21(25)20(12-23(24)28-3)15-26-14-18-9-6-7-11-22(18)27-2/h4-13,26H,14-16H2,1-3H3. The van der Waals surface area contributed by atoms with Gasteiger partial charge in [-0.1, -0.05) is 58.4 Å². The molecule has 0 amide bonds. The molecule has 1 N–H and O–H groups in total. The van der Waals surface area contributed by atoms with Crippen molar-refractivity contribution in [2.45, 2.75) is 26.6 Å². The number of hydrogen-bond acceptors (Lipinski definition) is 4. The van der Waals surface area contributed by atoms with Gasteiger partial charge in [-0.3, -0.25) is 0 Å². The van der Waals surface area contributed by atoms with E-state index in [4.69, 9.17) is 14.2 Å². The minimum Gasteiger partial charge on any atom is -0.496 e. The normalized spacial score (nSPS) is 10.6. The van der Waals surface area contributed by atoms with E-state index in [-0.39, 0.29) is 0 Å². The van der Waals surface area contributed by atoms with Crippen LogP contribution in [0.4, 0.5) is 0 Å². The van der Waals surface area contributed by atoms with Crippen LogP contribution in [-0.4, -0.2) is 14.2 Å². The lowest BCUT2D eigenvalue weighted by molar-refractivity contribution is 0.283. The van der Waals surface area contributed by atoms with Crippen molar-refractivity contribution in [1.82, 2.24) is 5.32 Å². The summed E-state index contributed by atoms with van der Waals surface area (Å²) in [7, 11) is 3.35. The smallest absolute Gasteiger partial charge is 0.162 e. The molecule has 3 rings (SSSR count). The largest absolute Gasteiger partial charge is 0.496 e. The molecule has 0 heterocycles. The molecule has 0 saturated carbocycles. The van der Waals surface area contributed by atoms with Crippen LogP contribution in [0.1, 0.15) is 22.3 Å². The van der Waals surface area contributed by atoms with Gasteiger partial charge in [-0.15, -0.1) is 0 Å². The molecule has 0 aromatic heterocycles. The summed E-state index contributed by atoms with van der Waals surface area (Å²) >= 11 is 3.67. The van der Waals surface area contributed by atoms with Crippen molar-refractivity contribution in [1.29, 1.82) is 0 Å². The third kappa shape index (κ3) is 5.52. The maximum absolute atomic E-state index is 6.04. The lowest BCUT2D eigenvalue weighted by Crippen LogP contribution is -2.14. The number of rotatable bonds is 9. The molecule has 0 aliphatic rings. The molecule has 0 fully saturated rings. The molecule has 0 saturated heterocycles. The van der Waals surface area contributed by atoms with Crippen LogP contribution >= 0.6 is 15.9 Å². The summed E-state index contributed by atoms with van der Waals surface area (Å²) in [5.41, 5.74) is 4.59. The lowest BCUT2D eigenvalue weighted by Gasteiger charge is -2.15. The molecule has 3 aromatic carbocycles. The zero-order valence-corrected chi connectivity index (χ0v) is 18.6. The Bertz CT molecular complexity index is 959. The van der Waals surface area contributed by atoms with Gasteiger partial charge in [-0.2, -0.15) is 0 Å². The Labute approximate surface area is 180 Å². The Balaban J connectivity index is 1.67. The van der Waals surface area contributed by atoms with Gasteiger partial charge in [0.25, 0.3) is 0 Å². The van der Waals surface area contributed by atoms with Crippen LogP contribution in [0.3, 0.4) is 0 Å². The van der Waals surface area contributed by atoms with Gasteiger partial charge in [0.2, 0.25) is 0 Å². The quantitative estimate of drug-likeness (QED) is 0.452. The number of methoxy groups -OCH3 is 2. The van der Waals surface area contributed by atoms with Gasteiger partial charge in [-0.05, 0) is 41.8 Å². The molecule has 0 spiro atoms. The topological polar surface area (TPSA) is 39.7 Å². The van der Waals surface area contributed by atoms with Gasteiger partial charge in [0.05, 0.1) is 14.2 Å². The molecule has 29 heavy (non-hydrogen) atoms. The second-order valence-electron chi connectivity index (χ2n) is 6.73. The van der Waals surface area contributed by atoms with Crippen LogP contribution in [0.15, 0.2) is 65.1 Å². The molecule has 5 heteroatoms. The lowest BCUT2D eigenvalue weighted by atomic mass is 10.1. The van der Waals surface area contributed by atoms with E-state index in [1.165, 1.54) is 5.56 Å². The number of ether oxygens (including phenoxy) is 3. The highest BCUT2D eigenvalue weighted by Gasteiger charge is 2.11. The Morgan fingerprint density at radius 1 is 0.759 bits per heavy atom. The number of para-hydroxylation sites is 1. The van der Waals surface area contributed by atoms with Crippen LogP contribution in [0.2, 0.25) is 0 Å². The summed E-state index contributed by atoms with van der Waals surface area (Å²) in [6, 6.07) is 20.2. The molecule has 0 radical (unpaired) electrons. The molecule has 0 aliphatic carbocycles. The van der Waals surface area contributed by atoms with E-state index in [0.29, 0.717) is 19.7 Å². The van der Waals surface area contributed by atoms with Gasteiger partial charge < -0.3 is 19.5 Å². The highest BCUT2D eigenvalue weighted by atomic mass is 79.9. The maximum Gasteiger partial charge on any atom is 0.162 e. The summed E-state index contributed by atoms with van der Waals surface area (Å²) in [5.74, 6) is 2.32. The van der Waals surface area contributed by atoms with Crippen molar-refractivity contribution in [2.24, 2.45) is 0 Å². The molecule has 0 atom stereocenters. The van der Waals surface area contributed by atoms with Gasteiger partial charge >= 0.3 is 0 Å². The summed E-state index contributed by atoms with van der Waals surface area (Å²) in [6.07, 6.45) is 0.